The van der Waals surface area contributed by atoms with Gasteiger partial charge in [-0.15, -0.1) is 10.2 Å². The molecule has 0 saturated heterocycles. The van der Waals surface area contributed by atoms with Gasteiger partial charge in [0.15, 0.2) is 6.61 Å². The number of aromatic nitrogens is 4. The van der Waals surface area contributed by atoms with Crippen LogP contribution in [0.4, 0.5) is 5.82 Å². The van der Waals surface area contributed by atoms with Crippen LogP contribution >= 0.6 is 0 Å². The Morgan fingerprint density at radius 1 is 0.889 bits per heavy atom. The third kappa shape index (κ3) is 4.46. The molecule has 7 heteroatoms. The number of anilines is 1. The summed E-state index contributed by atoms with van der Waals surface area (Å²) in [6.07, 6.45) is 1.45. The lowest BCUT2D eigenvalue weighted by molar-refractivity contribution is 0.255. The third-order valence-electron chi connectivity index (χ3n) is 3.79. The van der Waals surface area contributed by atoms with E-state index >= 15 is 0 Å². The van der Waals surface area contributed by atoms with Crippen molar-refractivity contribution in [1.29, 1.82) is 0 Å². The normalized spacial score (nSPS) is 10.5. The zero-order valence-electron chi connectivity index (χ0n) is 14.4. The molecule has 2 heterocycles. The minimum absolute atomic E-state index is 0.134. The fourth-order valence-corrected chi connectivity index (χ4v) is 2.45. The van der Waals surface area contributed by atoms with Gasteiger partial charge in [0.1, 0.15) is 12.1 Å². The van der Waals surface area contributed by atoms with E-state index in [2.05, 4.69) is 25.5 Å². The summed E-state index contributed by atoms with van der Waals surface area (Å²) < 4.78 is 11.3. The number of hydrogen-bond donors (Lipinski definition) is 1. The number of nitrogens with one attached hydrogen (secondary N) is 1. The maximum Gasteiger partial charge on any atom is 0.254 e. The van der Waals surface area contributed by atoms with Gasteiger partial charge in [-0.1, -0.05) is 48.5 Å². The molecule has 0 aliphatic heterocycles. The van der Waals surface area contributed by atoms with E-state index < -0.39 is 0 Å². The summed E-state index contributed by atoms with van der Waals surface area (Å²) in [5.41, 5.74) is 2.03. The molecular formula is C20H17N5O2. The lowest BCUT2D eigenvalue weighted by Gasteiger charge is -2.07. The van der Waals surface area contributed by atoms with Gasteiger partial charge in [0, 0.05) is 18.2 Å². The first-order valence-corrected chi connectivity index (χ1v) is 8.47. The molecule has 134 valence electrons. The molecule has 7 nitrogen and oxygen atoms in total. The van der Waals surface area contributed by atoms with Crippen molar-refractivity contribution in [1.82, 2.24) is 20.2 Å². The van der Waals surface area contributed by atoms with Crippen molar-refractivity contribution < 1.29 is 9.15 Å². The Morgan fingerprint density at radius 2 is 1.67 bits per heavy atom. The molecule has 0 bridgehead atoms. The summed E-state index contributed by atoms with van der Waals surface area (Å²) in [6, 6.07) is 21.4. The predicted octanol–water partition coefficient (Wildman–Crippen LogP) is 3.72. The molecule has 0 saturated carbocycles. The number of rotatable bonds is 7. The molecule has 0 amide bonds. The monoisotopic (exact) mass is 359 g/mol. The van der Waals surface area contributed by atoms with Crippen LogP contribution in [0, 0.1) is 0 Å². The molecule has 2 aromatic carbocycles. The Labute approximate surface area is 156 Å². The summed E-state index contributed by atoms with van der Waals surface area (Å²) in [5, 5.41) is 11.3. The van der Waals surface area contributed by atoms with Crippen molar-refractivity contribution in [2.45, 2.75) is 13.2 Å². The molecule has 0 aliphatic carbocycles. The number of nitrogens with zero attached hydrogens (tertiary/aromatic N) is 4. The maximum atomic E-state index is 5.65. The highest BCUT2D eigenvalue weighted by Crippen LogP contribution is 2.18. The minimum atomic E-state index is 0.134. The molecule has 27 heavy (non-hydrogen) atoms. The second-order valence-electron chi connectivity index (χ2n) is 5.74. The molecule has 0 atom stereocenters. The highest BCUT2D eigenvalue weighted by molar-refractivity contribution is 5.51. The second kappa shape index (κ2) is 8.09. The number of hydrogen-bond acceptors (Lipinski definition) is 7. The first kappa shape index (κ1) is 16.7. The SMILES string of the molecule is c1ccc(CNc2cc(OCc3nnc(-c4ccccc4)o3)ncn2)cc1. The molecule has 0 unspecified atom stereocenters. The first-order chi connectivity index (χ1) is 13.4. The summed E-state index contributed by atoms with van der Waals surface area (Å²) in [7, 11) is 0. The van der Waals surface area contributed by atoms with E-state index in [0.717, 1.165) is 11.1 Å². The van der Waals surface area contributed by atoms with Crippen molar-refractivity contribution in [3.05, 3.63) is 84.5 Å². The van der Waals surface area contributed by atoms with E-state index in [1.165, 1.54) is 6.33 Å². The molecule has 4 aromatic rings. The lowest BCUT2D eigenvalue weighted by atomic mass is 10.2. The summed E-state index contributed by atoms with van der Waals surface area (Å²) >= 11 is 0. The van der Waals surface area contributed by atoms with E-state index in [4.69, 9.17) is 9.15 Å². The average molecular weight is 359 g/mol. The van der Waals surface area contributed by atoms with Crippen LogP contribution in [0.5, 0.6) is 5.88 Å². The first-order valence-electron chi connectivity index (χ1n) is 8.47. The zero-order valence-corrected chi connectivity index (χ0v) is 14.4. The van der Waals surface area contributed by atoms with Gasteiger partial charge in [0.25, 0.3) is 5.89 Å². The summed E-state index contributed by atoms with van der Waals surface area (Å²) in [6.45, 7) is 0.802. The van der Waals surface area contributed by atoms with Crippen molar-refractivity contribution in [3.8, 4) is 17.3 Å². The molecule has 0 radical (unpaired) electrons. The van der Waals surface area contributed by atoms with Gasteiger partial charge in [0.05, 0.1) is 0 Å². The minimum Gasteiger partial charge on any atom is -0.467 e. The van der Waals surface area contributed by atoms with Crippen molar-refractivity contribution in [2.75, 3.05) is 5.32 Å². The maximum absolute atomic E-state index is 5.65. The standard InChI is InChI=1S/C20H17N5O2/c1-3-7-15(8-4-1)12-21-17-11-18(23-14-22-17)26-13-19-24-25-20(27-19)16-9-5-2-6-10-16/h1-11,14H,12-13H2,(H,21,22,23). The molecule has 1 N–H and O–H groups in total. The summed E-state index contributed by atoms with van der Waals surface area (Å²) in [4.78, 5) is 8.31. The smallest absolute Gasteiger partial charge is 0.254 e. The van der Waals surface area contributed by atoms with E-state index in [1.807, 2.05) is 60.7 Å². The lowest BCUT2D eigenvalue weighted by Crippen LogP contribution is -2.03. The highest BCUT2D eigenvalue weighted by atomic mass is 16.5. The Kier molecular flexibility index (Phi) is 5.01. The zero-order chi connectivity index (χ0) is 18.3. The van der Waals surface area contributed by atoms with Crippen LogP contribution in [0.25, 0.3) is 11.5 Å². The van der Waals surface area contributed by atoms with Crippen molar-refractivity contribution in [2.24, 2.45) is 0 Å². The van der Waals surface area contributed by atoms with Crippen LogP contribution in [-0.4, -0.2) is 20.2 Å². The van der Waals surface area contributed by atoms with Crippen molar-refractivity contribution in [3.63, 3.8) is 0 Å². The summed E-state index contributed by atoms with van der Waals surface area (Å²) in [5.74, 6) is 1.95. The second-order valence-corrected chi connectivity index (χ2v) is 5.74. The van der Waals surface area contributed by atoms with Crippen LogP contribution < -0.4 is 10.1 Å². The molecule has 2 aromatic heterocycles. The number of benzene rings is 2. The van der Waals surface area contributed by atoms with Gasteiger partial charge >= 0.3 is 0 Å². The highest BCUT2D eigenvalue weighted by Gasteiger charge is 2.09. The average Bonchev–Trinajstić information content (AvgIpc) is 3.22. The Morgan fingerprint density at radius 3 is 2.48 bits per heavy atom. The molecule has 4 rings (SSSR count). The van der Waals surface area contributed by atoms with Gasteiger partial charge in [-0.2, -0.15) is 0 Å². The van der Waals surface area contributed by atoms with Crippen LogP contribution in [0.15, 0.2) is 77.5 Å². The fourth-order valence-electron chi connectivity index (χ4n) is 2.45. The Balaban J connectivity index is 1.35. The van der Waals surface area contributed by atoms with Gasteiger partial charge in [-0.05, 0) is 17.7 Å². The fraction of sp³-hybridized carbons (Fsp3) is 0.100. The third-order valence-corrected chi connectivity index (χ3v) is 3.79. The van der Waals surface area contributed by atoms with Crippen LogP contribution in [0.3, 0.4) is 0 Å². The Hall–Kier alpha value is -3.74. The Bertz CT molecular complexity index is 989. The van der Waals surface area contributed by atoms with Gasteiger partial charge in [-0.25, -0.2) is 9.97 Å². The van der Waals surface area contributed by atoms with Crippen LogP contribution in [-0.2, 0) is 13.2 Å². The molecule has 0 spiro atoms. The van der Waals surface area contributed by atoms with Gasteiger partial charge in [0.2, 0.25) is 11.8 Å². The molecule has 0 aliphatic rings. The topological polar surface area (TPSA) is 86.0 Å². The quantitative estimate of drug-likeness (QED) is 0.538. The largest absolute Gasteiger partial charge is 0.467 e. The van der Waals surface area contributed by atoms with Gasteiger partial charge < -0.3 is 14.5 Å². The van der Waals surface area contributed by atoms with Gasteiger partial charge in [-0.3, -0.25) is 0 Å². The van der Waals surface area contributed by atoms with Crippen LogP contribution in [0.1, 0.15) is 11.5 Å². The van der Waals surface area contributed by atoms with E-state index in [-0.39, 0.29) is 6.61 Å². The van der Waals surface area contributed by atoms with E-state index in [0.29, 0.717) is 30.0 Å². The van der Waals surface area contributed by atoms with Crippen LogP contribution in [0.2, 0.25) is 0 Å². The molecule has 0 fully saturated rings. The van der Waals surface area contributed by atoms with Crippen molar-refractivity contribution >= 4 is 5.82 Å². The molecular weight excluding hydrogens is 342 g/mol. The van der Waals surface area contributed by atoms with E-state index in [1.54, 1.807) is 6.07 Å². The van der Waals surface area contributed by atoms with E-state index in [9.17, 15) is 0 Å². The number of ether oxygens (including phenoxy) is 1. The predicted molar refractivity (Wildman–Crippen MR) is 99.9 cm³/mol.